The SMILES string of the molecule is CC(=O)N[C@@H]1CSSC(C)(C)[C@H](C(N)=O)NC(=O)[C@@H](CC(=O)O)NC(=O)CNC(=O)[C@@H](CCCN=C(N)N)N(C)C(=O)CN(Cc2ccccc2)C1=O. The number of carbonyl (C=O) groups excluding carboxylic acids is 7. The highest BCUT2D eigenvalue weighted by atomic mass is 33.1. The number of hydrogen-bond donors (Lipinski definition) is 8. The zero-order chi connectivity index (χ0) is 39.9. The van der Waals surface area contributed by atoms with Gasteiger partial charge in [0, 0.05) is 37.6 Å². The van der Waals surface area contributed by atoms with E-state index in [-0.39, 0.29) is 37.6 Å². The Morgan fingerprint density at radius 3 is 2.28 bits per heavy atom. The molecule has 0 aliphatic carbocycles. The van der Waals surface area contributed by atoms with Gasteiger partial charge in [-0.15, -0.1) is 0 Å². The Hall–Kier alpha value is -5.05. The number of rotatable bonds is 10. The summed E-state index contributed by atoms with van der Waals surface area (Å²) in [4.78, 5) is 111. The van der Waals surface area contributed by atoms with E-state index < -0.39 is 95.7 Å². The van der Waals surface area contributed by atoms with E-state index in [1.54, 1.807) is 44.2 Å². The van der Waals surface area contributed by atoms with E-state index in [0.717, 1.165) is 26.5 Å². The van der Waals surface area contributed by atoms with Gasteiger partial charge in [-0.2, -0.15) is 0 Å². The second-order valence-electron chi connectivity index (χ2n) is 12.7. The van der Waals surface area contributed by atoms with Gasteiger partial charge in [0.2, 0.25) is 41.4 Å². The highest BCUT2D eigenvalue weighted by Gasteiger charge is 2.39. The highest BCUT2D eigenvalue weighted by molar-refractivity contribution is 8.77. The molecule has 292 valence electrons. The van der Waals surface area contributed by atoms with Crippen LogP contribution in [0, 0.1) is 0 Å². The number of primary amides is 1. The van der Waals surface area contributed by atoms with Crippen molar-refractivity contribution in [2.45, 2.75) is 75.5 Å². The average Bonchev–Trinajstić information content (AvgIpc) is 3.07. The number of likely N-dealkylation sites (N-methyl/N-ethyl adjacent to an activating group) is 1. The van der Waals surface area contributed by atoms with E-state index in [9.17, 15) is 43.5 Å². The maximum atomic E-state index is 14.1. The fraction of sp³-hybridized carbons (Fsp3) is 0.531. The number of benzene rings is 1. The molecule has 0 saturated carbocycles. The lowest BCUT2D eigenvalue weighted by molar-refractivity contribution is -0.145. The number of nitrogens with two attached hydrogens (primary N) is 3. The molecule has 11 N–H and O–H groups in total. The van der Waals surface area contributed by atoms with Crippen LogP contribution in [0.5, 0.6) is 0 Å². The largest absolute Gasteiger partial charge is 0.481 e. The predicted molar refractivity (Wildman–Crippen MR) is 198 cm³/mol. The van der Waals surface area contributed by atoms with Crippen LogP contribution in [0.2, 0.25) is 0 Å². The first-order valence-corrected chi connectivity index (χ1v) is 18.7. The van der Waals surface area contributed by atoms with Crippen LogP contribution >= 0.6 is 21.6 Å². The molecule has 1 fully saturated rings. The van der Waals surface area contributed by atoms with E-state index in [1.807, 2.05) is 0 Å². The molecule has 19 nitrogen and oxygen atoms in total. The number of carboxylic acids is 1. The van der Waals surface area contributed by atoms with Gasteiger partial charge in [-0.1, -0.05) is 51.9 Å². The fourth-order valence-corrected chi connectivity index (χ4v) is 7.96. The van der Waals surface area contributed by atoms with Crippen molar-refractivity contribution in [2.75, 3.05) is 32.4 Å². The minimum atomic E-state index is -1.67. The molecule has 0 aromatic heterocycles. The van der Waals surface area contributed by atoms with Crippen molar-refractivity contribution in [3.63, 3.8) is 0 Å². The lowest BCUT2D eigenvalue weighted by Gasteiger charge is -2.34. The summed E-state index contributed by atoms with van der Waals surface area (Å²) in [5.74, 6) is -7.21. The molecule has 4 atom stereocenters. The quantitative estimate of drug-likeness (QED) is 0.0533. The van der Waals surface area contributed by atoms with E-state index in [4.69, 9.17) is 17.2 Å². The number of nitrogens with one attached hydrogen (secondary N) is 4. The Morgan fingerprint density at radius 1 is 1.04 bits per heavy atom. The normalized spacial score (nSPS) is 22.5. The zero-order valence-electron chi connectivity index (χ0n) is 30.0. The van der Waals surface area contributed by atoms with Crippen molar-refractivity contribution in [2.24, 2.45) is 22.2 Å². The van der Waals surface area contributed by atoms with E-state index in [1.165, 1.54) is 18.9 Å². The minimum absolute atomic E-state index is 0.0236. The Morgan fingerprint density at radius 2 is 1.70 bits per heavy atom. The van der Waals surface area contributed by atoms with Crippen molar-refractivity contribution < 1.29 is 43.5 Å². The van der Waals surface area contributed by atoms with E-state index in [0.29, 0.717) is 5.56 Å². The van der Waals surface area contributed by atoms with Crippen LogP contribution in [0.15, 0.2) is 35.3 Å². The smallest absolute Gasteiger partial charge is 0.305 e. The number of guanidine groups is 1. The molecule has 0 bridgehead atoms. The number of carboxylic acid groups (broad SMARTS) is 1. The van der Waals surface area contributed by atoms with Crippen LogP contribution in [0.4, 0.5) is 0 Å². The van der Waals surface area contributed by atoms with Crippen molar-refractivity contribution in [3.05, 3.63) is 35.9 Å². The van der Waals surface area contributed by atoms with Crippen molar-refractivity contribution in [1.82, 2.24) is 31.1 Å². The third-order valence-corrected chi connectivity index (χ3v) is 11.2. The molecule has 0 spiro atoms. The summed E-state index contributed by atoms with van der Waals surface area (Å²) in [6, 6.07) is 3.37. The number of aliphatic imine (C=N–C) groups is 1. The van der Waals surface area contributed by atoms with Crippen LogP contribution in [0.3, 0.4) is 0 Å². The first-order chi connectivity index (χ1) is 24.8. The molecular formula is C32H48N10O9S2. The number of carbonyl (C=O) groups is 8. The van der Waals surface area contributed by atoms with Crippen molar-refractivity contribution >= 4 is 74.9 Å². The van der Waals surface area contributed by atoms with Gasteiger partial charge in [-0.05, 0) is 32.3 Å². The van der Waals surface area contributed by atoms with E-state index in [2.05, 4.69) is 26.3 Å². The summed E-state index contributed by atoms with van der Waals surface area (Å²) in [5, 5.41) is 19.2. The Balaban J connectivity index is 2.60. The van der Waals surface area contributed by atoms with Gasteiger partial charge in [0.1, 0.15) is 30.7 Å². The fourth-order valence-electron chi connectivity index (χ4n) is 5.14. The second-order valence-corrected chi connectivity index (χ2v) is 15.6. The first kappa shape index (κ1) is 44.1. The Bertz CT molecular complexity index is 1540. The molecule has 1 heterocycles. The van der Waals surface area contributed by atoms with Gasteiger partial charge in [0.15, 0.2) is 5.96 Å². The molecule has 1 saturated heterocycles. The minimum Gasteiger partial charge on any atom is -0.481 e. The van der Waals surface area contributed by atoms with Crippen LogP contribution in [0.25, 0.3) is 0 Å². The number of amides is 7. The van der Waals surface area contributed by atoms with Crippen LogP contribution in [-0.4, -0.2) is 130 Å². The monoisotopic (exact) mass is 780 g/mol. The second kappa shape index (κ2) is 20.9. The summed E-state index contributed by atoms with van der Waals surface area (Å²) in [5.41, 5.74) is 17.2. The maximum Gasteiger partial charge on any atom is 0.305 e. The van der Waals surface area contributed by atoms with E-state index >= 15 is 0 Å². The van der Waals surface area contributed by atoms with Crippen molar-refractivity contribution in [1.29, 1.82) is 0 Å². The summed E-state index contributed by atoms with van der Waals surface area (Å²) in [6.45, 7) is 3.22. The summed E-state index contributed by atoms with van der Waals surface area (Å²) in [7, 11) is 3.49. The molecule has 1 aliphatic rings. The van der Waals surface area contributed by atoms with Gasteiger partial charge < -0.3 is 53.4 Å². The van der Waals surface area contributed by atoms with Crippen molar-refractivity contribution in [3.8, 4) is 0 Å². The Kier molecular flexibility index (Phi) is 17.4. The molecule has 0 unspecified atom stereocenters. The van der Waals surface area contributed by atoms with Gasteiger partial charge in [-0.25, -0.2) is 0 Å². The summed E-state index contributed by atoms with van der Waals surface area (Å²) >= 11 is 0. The molecule has 1 aromatic rings. The predicted octanol–water partition coefficient (Wildman–Crippen LogP) is -2.38. The van der Waals surface area contributed by atoms with Crippen LogP contribution in [0.1, 0.15) is 45.6 Å². The molecule has 2 rings (SSSR count). The van der Waals surface area contributed by atoms with Gasteiger partial charge in [-0.3, -0.25) is 43.3 Å². The molecule has 1 aromatic carbocycles. The molecule has 7 amide bonds. The standard InChI is InChI=1S/C32H48N10O9S2/c1-18(43)38-21-17-52-53-32(2,3)26(27(33)48)40-28(49)20(13-25(46)47)39-23(44)14-37-29(50)22(11-8-12-36-31(34)35)41(4)24(45)16-42(30(21)51)15-19-9-6-5-7-10-19/h5-7,9-10,20-22,26H,8,11-17H2,1-4H3,(H2,33,48)(H,37,50)(H,38,43)(H,39,44)(H,40,49)(H,46,47)(H4,34,35,36)/t20-,21-,22-,26+/m1/s1. The van der Waals surface area contributed by atoms with Crippen LogP contribution < -0.4 is 38.5 Å². The summed E-state index contributed by atoms with van der Waals surface area (Å²) in [6.07, 6.45) is -0.621. The number of nitrogens with zero attached hydrogens (tertiary/aromatic N) is 3. The first-order valence-electron chi connectivity index (χ1n) is 16.4. The lowest BCUT2D eigenvalue weighted by Crippen LogP contribution is -2.60. The molecular weight excluding hydrogens is 733 g/mol. The molecule has 53 heavy (non-hydrogen) atoms. The third kappa shape index (κ3) is 14.8. The zero-order valence-corrected chi connectivity index (χ0v) is 31.6. The lowest BCUT2D eigenvalue weighted by atomic mass is 10.0. The number of aliphatic carboxylic acids is 1. The number of hydrogen-bond acceptors (Lipinski definition) is 11. The average molecular weight is 781 g/mol. The Labute approximate surface area is 314 Å². The maximum absolute atomic E-state index is 14.1. The molecule has 0 radical (unpaired) electrons. The van der Waals surface area contributed by atoms with Crippen LogP contribution in [-0.2, 0) is 44.9 Å². The summed E-state index contributed by atoms with van der Waals surface area (Å²) < 4.78 is -1.18. The highest BCUT2D eigenvalue weighted by Crippen LogP contribution is 2.38. The third-order valence-electron chi connectivity index (χ3n) is 7.85. The topological polar surface area (TPSA) is 302 Å². The van der Waals surface area contributed by atoms with Gasteiger partial charge in [0.05, 0.1) is 13.0 Å². The molecule has 21 heteroatoms. The van der Waals surface area contributed by atoms with Gasteiger partial charge >= 0.3 is 5.97 Å². The molecule has 1 aliphatic heterocycles. The van der Waals surface area contributed by atoms with Gasteiger partial charge in [0.25, 0.3) is 0 Å².